The summed E-state index contributed by atoms with van der Waals surface area (Å²) in [5, 5.41) is 24.0. The smallest absolute Gasteiger partial charge is 0.169 e. The molecule has 1 heterocycles. The first kappa shape index (κ1) is 13.8. The molecule has 0 radical (unpaired) electrons. The highest BCUT2D eigenvalue weighted by Crippen LogP contribution is 2.06. The molecular formula is C12H12ClN5. The zero-order valence-corrected chi connectivity index (χ0v) is 10.6. The van der Waals surface area contributed by atoms with Crippen molar-refractivity contribution in [2.75, 3.05) is 6.54 Å². The number of pyridine rings is 1. The number of nitrogens with zero attached hydrogens (tertiary/aromatic N) is 3. The van der Waals surface area contributed by atoms with Crippen molar-refractivity contribution in [3.63, 3.8) is 0 Å². The molecule has 5 nitrogen and oxygen atoms in total. The van der Waals surface area contributed by atoms with Crippen molar-refractivity contribution >= 4 is 11.6 Å². The van der Waals surface area contributed by atoms with E-state index in [2.05, 4.69) is 15.6 Å². The molecule has 0 aliphatic heterocycles. The van der Waals surface area contributed by atoms with E-state index in [4.69, 9.17) is 22.1 Å². The summed E-state index contributed by atoms with van der Waals surface area (Å²) < 4.78 is 0. The van der Waals surface area contributed by atoms with Gasteiger partial charge in [-0.15, -0.1) is 0 Å². The van der Waals surface area contributed by atoms with Crippen molar-refractivity contribution in [1.82, 2.24) is 15.6 Å². The van der Waals surface area contributed by atoms with Gasteiger partial charge in [-0.25, -0.2) is 4.98 Å². The number of aromatic nitrogens is 1. The van der Waals surface area contributed by atoms with Gasteiger partial charge < -0.3 is 10.6 Å². The standard InChI is InChI=1S/C12H12ClN5/c1-2-16-12(10(5-14)6-15)18-8-9-3-4-11(13)17-7-9/h3-4,7,16,18H,2,8H2,1H3. The van der Waals surface area contributed by atoms with Gasteiger partial charge in [0.25, 0.3) is 0 Å². The maximum Gasteiger partial charge on any atom is 0.169 e. The molecule has 0 unspecified atom stereocenters. The third kappa shape index (κ3) is 3.97. The zero-order valence-electron chi connectivity index (χ0n) is 9.87. The number of rotatable bonds is 5. The van der Waals surface area contributed by atoms with E-state index < -0.39 is 0 Å². The average molecular weight is 262 g/mol. The fourth-order valence-electron chi connectivity index (χ4n) is 1.25. The third-order valence-corrected chi connectivity index (χ3v) is 2.31. The van der Waals surface area contributed by atoms with Gasteiger partial charge in [0.2, 0.25) is 0 Å². The Labute approximate surface area is 111 Å². The Hall–Kier alpha value is -2.24. The number of allylic oxidation sites excluding steroid dienone is 1. The Kier molecular flexibility index (Phi) is 5.50. The molecule has 1 aromatic heterocycles. The number of nitriles is 2. The Morgan fingerprint density at radius 1 is 1.33 bits per heavy atom. The molecule has 0 amide bonds. The second-order valence-electron chi connectivity index (χ2n) is 3.35. The summed E-state index contributed by atoms with van der Waals surface area (Å²) in [5.41, 5.74) is 0.934. The molecule has 1 aromatic rings. The highest BCUT2D eigenvalue weighted by atomic mass is 35.5. The Balaban J connectivity index is 2.75. The summed E-state index contributed by atoms with van der Waals surface area (Å²) >= 11 is 5.68. The van der Waals surface area contributed by atoms with Gasteiger partial charge >= 0.3 is 0 Å². The van der Waals surface area contributed by atoms with E-state index in [1.54, 1.807) is 12.3 Å². The first-order chi connectivity index (χ1) is 8.71. The van der Waals surface area contributed by atoms with Crippen molar-refractivity contribution in [2.24, 2.45) is 0 Å². The van der Waals surface area contributed by atoms with Gasteiger partial charge in [-0.05, 0) is 18.6 Å². The van der Waals surface area contributed by atoms with Crippen LogP contribution < -0.4 is 10.6 Å². The second-order valence-corrected chi connectivity index (χ2v) is 3.73. The lowest BCUT2D eigenvalue weighted by molar-refractivity contribution is 0.694. The molecule has 0 atom stereocenters. The molecule has 1 rings (SSSR count). The van der Waals surface area contributed by atoms with Crippen molar-refractivity contribution < 1.29 is 0 Å². The van der Waals surface area contributed by atoms with Crippen LogP contribution in [0.5, 0.6) is 0 Å². The summed E-state index contributed by atoms with van der Waals surface area (Å²) in [4.78, 5) is 3.95. The van der Waals surface area contributed by atoms with Crippen LogP contribution in [0.3, 0.4) is 0 Å². The molecule has 0 saturated carbocycles. The lowest BCUT2D eigenvalue weighted by atomic mass is 10.2. The van der Waals surface area contributed by atoms with Crippen LogP contribution in [-0.2, 0) is 6.54 Å². The minimum atomic E-state index is 0.0266. The van der Waals surface area contributed by atoms with Crippen molar-refractivity contribution in [1.29, 1.82) is 10.5 Å². The van der Waals surface area contributed by atoms with E-state index in [0.717, 1.165) is 5.56 Å². The van der Waals surface area contributed by atoms with E-state index in [9.17, 15) is 0 Å². The highest BCUT2D eigenvalue weighted by Gasteiger charge is 2.04. The molecule has 2 N–H and O–H groups in total. The lowest BCUT2D eigenvalue weighted by Gasteiger charge is -2.12. The lowest BCUT2D eigenvalue weighted by Crippen LogP contribution is -2.27. The second kappa shape index (κ2) is 7.16. The number of hydrogen-bond donors (Lipinski definition) is 2. The van der Waals surface area contributed by atoms with Crippen molar-refractivity contribution in [3.05, 3.63) is 40.4 Å². The monoisotopic (exact) mass is 261 g/mol. The number of nitrogens with one attached hydrogen (secondary N) is 2. The van der Waals surface area contributed by atoms with Gasteiger partial charge in [0.05, 0.1) is 0 Å². The van der Waals surface area contributed by atoms with Gasteiger partial charge in [-0.2, -0.15) is 10.5 Å². The van der Waals surface area contributed by atoms with Crippen molar-refractivity contribution in [2.45, 2.75) is 13.5 Å². The fourth-order valence-corrected chi connectivity index (χ4v) is 1.37. The Morgan fingerprint density at radius 2 is 2.06 bits per heavy atom. The van der Waals surface area contributed by atoms with Crippen LogP contribution in [0.2, 0.25) is 5.15 Å². The SMILES string of the molecule is CCNC(NCc1ccc(Cl)nc1)=C(C#N)C#N. The Morgan fingerprint density at radius 3 is 2.56 bits per heavy atom. The predicted octanol–water partition coefficient (Wildman–Crippen LogP) is 1.69. The molecule has 0 fully saturated rings. The molecular weight excluding hydrogens is 250 g/mol. The van der Waals surface area contributed by atoms with Crippen LogP contribution in [-0.4, -0.2) is 11.5 Å². The largest absolute Gasteiger partial charge is 0.370 e. The molecule has 0 aromatic carbocycles. The minimum Gasteiger partial charge on any atom is -0.370 e. The molecule has 6 heteroatoms. The van der Waals surface area contributed by atoms with E-state index in [0.29, 0.717) is 24.1 Å². The van der Waals surface area contributed by atoms with E-state index >= 15 is 0 Å². The van der Waals surface area contributed by atoms with Gasteiger partial charge in [-0.3, -0.25) is 0 Å². The van der Waals surface area contributed by atoms with Gasteiger partial charge in [0.15, 0.2) is 5.57 Å². The van der Waals surface area contributed by atoms with E-state index in [-0.39, 0.29) is 5.57 Å². The quantitative estimate of drug-likeness (QED) is 0.622. The molecule has 0 aliphatic rings. The molecule has 18 heavy (non-hydrogen) atoms. The van der Waals surface area contributed by atoms with Crippen LogP contribution in [0.25, 0.3) is 0 Å². The molecule has 0 saturated heterocycles. The highest BCUT2D eigenvalue weighted by molar-refractivity contribution is 6.29. The van der Waals surface area contributed by atoms with E-state index in [1.165, 1.54) is 0 Å². The van der Waals surface area contributed by atoms with Crippen LogP contribution in [0.15, 0.2) is 29.7 Å². The van der Waals surface area contributed by atoms with Crippen LogP contribution in [0, 0.1) is 22.7 Å². The van der Waals surface area contributed by atoms with E-state index in [1.807, 2.05) is 25.1 Å². The molecule has 92 valence electrons. The molecule has 0 spiro atoms. The molecule has 0 aliphatic carbocycles. The summed E-state index contributed by atoms with van der Waals surface area (Å²) in [7, 11) is 0. The first-order valence-electron chi connectivity index (χ1n) is 5.34. The maximum atomic E-state index is 8.82. The normalized spacial score (nSPS) is 8.89. The van der Waals surface area contributed by atoms with Crippen LogP contribution >= 0.6 is 11.6 Å². The number of hydrogen-bond acceptors (Lipinski definition) is 5. The molecule has 0 bridgehead atoms. The fraction of sp³-hybridized carbons (Fsp3) is 0.250. The summed E-state index contributed by atoms with van der Waals surface area (Å²) in [6, 6.07) is 7.19. The van der Waals surface area contributed by atoms with Gasteiger partial charge in [0.1, 0.15) is 23.1 Å². The summed E-state index contributed by atoms with van der Waals surface area (Å²) in [6.45, 7) is 2.96. The predicted molar refractivity (Wildman–Crippen MR) is 68.0 cm³/mol. The zero-order chi connectivity index (χ0) is 13.4. The van der Waals surface area contributed by atoms with Crippen LogP contribution in [0.1, 0.15) is 12.5 Å². The third-order valence-electron chi connectivity index (χ3n) is 2.09. The topological polar surface area (TPSA) is 84.5 Å². The summed E-state index contributed by atoms with van der Waals surface area (Å²) in [6.07, 6.45) is 1.64. The van der Waals surface area contributed by atoms with Gasteiger partial charge in [0, 0.05) is 19.3 Å². The van der Waals surface area contributed by atoms with Crippen LogP contribution in [0.4, 0.5) is 0 Å². The number of halogens is 1. The summed E-state index contributed by atoms with van der Waals surface area (Å²) in [5.74, 6) is 0.428. The Bertz CT molecular complexity index is 491. The minimum absolute atomic E-state index is 0.0266. The maximum absolute atomic E-state index is 8.82. The average Bonchev–Trinajstić information content (AvgIpc) is 2.39. The van der Waals surface area contributed by atoms with Crippen molar-refractivity contribution in [3.8, 4) is 12.1 Å². The first-order valence-corrected chi connectivity index (χ1v) is 5.71. The van der Waals surface area contributed by atoms with Gasteiger partial charge in [-0.1, -0.05) is 17.7 Å².